The average molecular weight is 382 g/mol. The Morgan fingerprint density at radius 2 is 2.25 bits per heavy atom. The highest BCUT2D eigenvalue weighted by atomic mass is 16.5. The second kappa shape index (κ2) is 6.62. The number of ether oxygens (including phenoxy) is 1. The molecule has 2 aliphatic rings. The number of aromatic nitrogens is 7. The Bertz CT molecular complexity index is 1040. The predicted molar refractivity (Wildman–Crippen MR) is 97.4 cm³/mol. The molecule has 28 heavy (non-hydrogen) atoms. The van der Waals surface area contributed by atoms with E-state index in [1.807, 2.05) is 23.4 Å². The molecule has 2 aliphatic heterocycles. The van der Waals surface area contributed by atoms with E-state index >= 15 is 0 Å². The van der Waals surface area contributed by atoms with Gasteiger partial charge in [-0.05, 0) is 32.3 Å². The number of carbonyl (C=O) groups is 1. The number of aryl methyl sites for hydroxylation is 2. The number of rotatable bonds is 3. The van der Waals surface area contributed by atoms with Gasteiger partial charge in [-0.25, -0.2) is 14.2 Å². The van der Waals surface area contributed by atoms with Gasteiger partial charge in [0, 0.05) is 30.9 Å². The monoisotopic (exact) mass is 382 g/mol. The van der Waals surface area contributed by atoms with Gasteiger partial charge >= 0.3 is 0 Å². The van der Waals surface area contributed by atoms with Crippen LogP contribution in [0.2, 0.25) is 0 Å². The Morgan fingerprint density at radius 1 is 1.36 bits per heavy atom. The predicted octanol–water partition coefficient (Wildman–Crippen LogP) is 0.638. The van der Waals surface area contributed by atoms with Gasteiger partial charge in [0.25, 0.3) is 5.78 Å². The maximum absolute atomic E-state index is 12.9. The minimum absolute atomic E-state index is 0.0422. The number of amides is 1. The van der Waals surface area contributed by atoms with Crippen molar-refractivity contribution in [1.82, 2.24) is 39.5 Å². The lowest BCUT2D eigenvalue weighted by Gasteiger charge is -2.41. The van der Waals surface area contributed by atoms with Crippen LogP contribution in [-0.4, -0.2) is 64.6 Å². The zero-order chi connectivity index (χ0) is 19.3. The fraction of sp³-hybridized carbons (Fsp3) is 0.556. The minimum Gasteiger partial charge on any atom is -0.370 e. The van der Waals surface area contributed by atoms with Gasteiger partial charge in [-0.3, -0.25) is 4.79 Å². The molecule has 10 nitrogen and oxygen atoms in total. The Labute approximate surface area is 161 Å². The van der Waals surface area contributed by atoms with Gasteiger partial charge in [0.15, 0.2) is 0 Å². The van der Waals surface area contributed by atoms with Crippen LogP contribution in [-0.2, 0) is 22.6 Å². The van der Waals surface area contributed by atoms with Crippen LogP contribution in [0.25, 0.3) is 5.78 Å². The van der Waals surface area contributed by atoms with Gasteiger partial charge < -0.3 is 9.64 Å². The smallest absolute Gasteiger partial charge is 0.252 e. The van der Waals surface area contributed by atoms with Crippen molar-refractivity contribution >= 4 is 11.7 Å². The molecule has 3 aromatic heterocycles. The third-order valence-corrected chi connectivity index (χ3v) is 5.86. The molecule has 0 radical (unpaired) electrons. The molecule has 2 atom stereocenters. The van der Waals surface area contributed by atoms with Crippen LogP contribution >= 0.6 is 0 Å². The van der Waals surface area contributed by atoms with Crippen molar-refractivity contribution in [3.8, 4) is 0 Å². The lowest BCUT2D eigenvalue weighted by atomic mass is 9.99. The first-order valence-electron chi connectivity index (χ1n) is 9.56. The molecular weight excluding hydrogens is 360 g/mol. The quantitative estimate of drug-likeness (QED) is 0.655. The van der Waals surface area contributed by atoms with E-state index in [1.54, 1.807) is 10.7 Å². The highest BCUT2D eigenvalue weighted by molar-refractivity contribution is 5.76. The van der Waals surface area contributed by atoms with Crippen LogP contribution in [0, 0.1) is 13.8 Å². The summed E-state index contributed by atoms with van der Waals surface area (Å²) in [5.41, 5.74) is 3.91. The average Bonchev–Trinajstić information content (AvgIpc) is 3.36. The van der Waals surface area contributed by atoms with Crippen molar-refractivity contribution in [2.75, 3.05) is 13.1 Å². The largest absolute Gasteiger partial charge is 0.370 e. The summed E-state index contributed by atoms with van der Waals surface area (Å²) >= 11 is 0. The highest BCUT2D eigenvalue weighted by Crippen LogP contribution is 2.30. The summed E-state index contributed by atoms with van der Waals surface area (Å²) in [5.74, 6) is 0.733. The van der Waals surface area contributed by atoms with Crippen LogP contribution in [0.1, 0.15) is 41.5 Å². The van der Waals surface area contributed by atoms with Crippen LogP contribution in [0.15, 0.2) is 12.5 Å². The Hall–Kier alpha value is -2.88. The third-order valence-electron chi connectivity index (χ3n) is 5.86. The third kappa shape index (κ3) is 2.75. The second-order valence-corrected chi connectivity index (χ2v) is 7.45. The van der Waals surface area contributed by atoms with Gasteiger partial charge in [-0.15, -0.1) is 5.10 Å². The van der Waals surface area contributed by atoms with Crippen LogP contribution in [0.4, 0.5) is 0 Å². The fourth-order valence-corrected chi connectivity index (χ4v) is 4.31. The molecule has 10 heteroatoms. The number of hydrogen-bond acceptors (Lipinski definition) is 7. The number of hydrogen-bond donors (Lipinski definition) is 0. The van der Waals surface area contributed by atoms with Gasteiger partial charge in [-0.1, -0.05) is 5.21 Å². The molecule has 0 spiro atoms. The first-order chi connectivity index (χ1) is 13.6. The highest BCUT2D eigenvalue weighted by Gasteiger charge is 2.37. The molecule has 1 saturated heterocycles. The lowest BCUT2D eigenvalue weighted by molar-refractivity contribution is -0.138. The Morgan fingerprint density at radius 3 is 3.14 bits per heavy atom. The number of piperidine rings is 1. The molecule has 0 saturated carbocycles. The van der Waals surface area contributed by atoms with E-state index in [4.69, 9.17) is 4.74 Å². The summed E-state index contributed by atoms with van der Waals surface area (Å²) in [6.45, 7) is 5.81. The van der Waals surface area contributed by atoms with Crippen molar-refractivity contribution in [1.29, 1.82) is 0 Å². The van der Waals surface area contributed by atoms with E-state index in [0.717, 1.165) is 29.1 Å². The SMILES string of the molecule is Cc1nc2ncnn2c(C)c1CCC(=O)N1CC[C@H]2OCc3cnnn3[C@@H]2C1. The van der Waals surface area contributed by atoms with E-state index in [2.05, 4.69) is 25.4 Å². The Kier molecular flexibility index (Phi) is 4.08. The van der Waals surface area contributed by atoms with Crippen LogP contribution < -0.4 is 0 Å². The summed E-state index contributed by atoms with van der Waals surface area (Å²) in [6.07, 6.45) is 5.22. The topological polar surface area (TPSA) is 103 Å². The normalized spacial score (nSPS) is 21.6. The van der Waals surface area contributed by atoms with Crippen molar-refractivity contribution in [3.05, 3.63) is 35.2 Å². The molecule has 1 fully saturated rings. The van der Waals surface area contributed by atoms with E-state index in [9.17, 15) is 4.79 Å². The zero-order valence-corrected chi connectivity index (χ0v) is 15.9. The number of carbonyl (C=O) groups excluding carboxylic acids is 1. The Balaban J connectivity index is 1.29. The summed E-state index contributed by atoms with van der Waals surface area (Å²) < 4.78 is 9.57. The number of nitrogens with zero attached hydrogens (tertiary/aromatic N) is 8. The molecule has 0 unspecified atom stereocenters. The van der Waals surface area contributed by atoms with Crippen molar-refractivity contribution in [2.24, 2.45) is 0 Å². The van der Waals surface area contributed by atoms with E-state index in [0.29, 0.717) is 38.3 Å². The second-order valence-electron chi connectivity index (χ2n) is 7.45. The van der Waals surface area contributed by atoms with Gasteiger partial charge in [0.05, 0.1) is 30.6 Å². The van der Waals surface area contributed by atoms with E-state index in [-0.39, 0.29) is 18.1 Å². The van der Waals surface area contributed by atoms with Crippen LogP contribution in [0.3, 0.4) is 0 Å². The molecule has 0 aromatic carbocycles. The maximum atomic E-state index is 12.9. The molecule has 5 heterocycles. The van der Waals surface area contributed by atoms with Gasteiger partial charge in [0.2, 0.25) is 5.91 Å². The summed E-state index contributed by atoms with van der Waals surface area (Å²) in [4.78, 5) is 23.5. The lowest BCUT2D eigenvalue weighted by Crippen LogP contribution is -2.50. The molecule has 5 rings (SSSR count). The summed E-state index contributed by atoms with van der Waals surface area (Å²) in [7, 11) is 0. The number of fused-ring (bicyclic) bond motifs is 4. The van der Waals surface area contributed by atoms with Gasteiger partial charge in [-0.2, -0.15) is 10.1 Å². The van der Waals surface area contributed by atoms with Crippen molar-refractivity contribution in [3.63, 3.8) is 0 Å². The summed E-state index contributed by atoms with van der Waals surface area (Å²) in [5, 5.41) is 12.4. The number of likely N-dealkylation sites (tertiary alicyclic amines) is 1. The first kappa shape index (κ1) is 17.2. The van der Waals surface area contributed by atoms with Crippen LogP contribution in [0.5, 0.6) is 0 Å². The summed E-state index contributed by atoms with van der Waals surface area (Å²) in [6, 6.07) is 0.0422. The van der Waals surface area contributed by atoms with Crippen molar-refractivity contribution in [2.45, 2.75) is 51.9 Å². The minimum atomic E-state index is 0.0422. The molecule has 0 bridgehead atoms. The molecule has 1 amide bonds. The maximum Gasteiger partial charge on any atom is 0.252 e. The fourth-order valence-electron chi connectivity index (χ4n) is 4.31. The first-order valence-corrected chi connectivity index (χ1v) is 9.56. The van der Waals surface area contributed by atoms with E-state index < -0.39 is 0 Å². The molecule has 146 valence electrons. The van der Waals surface area contributed by atoms with Crippen molar-refractivity contribution < 1.29 is 9.53 Å². The molecule has 0 aliphatic carbocycles. The molecule has 0 N–H and O–H groups in total. The molecule has 3 aromatic rings. The van der Waals surface area contributed by atoms with E-state index in [1.165, 1.54) is 6.33 Å². The van der Waals surface area contributed by atoms with Gasteiger partial charge in [0.1, 0.15) is 6.33 Å². The molecular formula is C18H22N8O2. The standard InChI is InChI=1S/C18H22N8O2/c1-11-14(12(2)25-18(22-11)19-10-21-25)3-4-17(27)24-6-5-16-15(8-24)26-13(9-28-16)7-20-23-26/h7,10,15-16H,3-6,8-9H2,1-2H3/t15-,16-/m1/s1. The zero-order valence-electron chi connectivity index (χ0n) is 15.9.